The van der Waals surface area contributed by atoms with Crippen molar-refractivity contribution in [3.63, 3.8) is 0 Å². The lowest BCUT2D eigenvalue weighted by molar-refractivity contribution is -0.132. The molecule has 0 aromatic carbocycles. The molecule has 1 N–H and O–H groups in total. The summed E-state index contributed by atoms with van der Waals surface area (Å²) >= 11 is 0. The van der Waals surface area contributed by atoms with Crippen molar-refractivity contribution in [3.8, 4) is 0 Å². The number of carbonyl (C=O) groups is 1. The number of hydrogen-bond acceptors (Lipinski definition) is 4. The fraction of sp³-hybridized carbons (Fsp3) is 0.667. The average Bonchev–Trinajstić information content (AvgIpc) is 2.91. The zero-order valence-electron chi connectivity index (χ0n) is 11.7. The van der Waals surface area contributed by atoms with E-state index in [1.165, 1.54) is 12.8 Å². The van der Waals surface area contributed by atoms with Crippen molar-refractivity contribution in [2.24, 2.45) is 0 Å². The second kappa shape index (κ2) is 6.41. The number of amides is 1. The Balaban J connectivity index is 1.56. The van der Waals surface area contributed by atoms with E-state index < -0.39 is 0 Å². The predicted molar refractivity (Wildman–Crippen MR) is 74.1 cm³/mol. The van der Waals surface area contributed by atoms with Crippen molar-refractivity contribution in [2.75, 3.05) is 19.7 Å². The molecule has 3 rings (SSSR count). The van der Waals surface area contributed by atoms with Crippen LogP contribution in [0.1, 0.15) is 31.4 Å². The minimum absolute atomic E-state index is 0.129. The van der Waals surface area contributed by atoms with Crippen molar-refractivity contribution in [1.29, 1.82) is 0 Å². The molecular formula is C15H22N2O3. The molecule has 1 unspecified atom stereocenters. The van der Waals surface area contributed by atoms with Gasteiger partial charge >= 0.3 is 0 Å². The van der Waals surface area contributed by atoms with Gasteiger partial charge in [-0.2, -0.15) is 0 Å². The average molecular weight is 278 g/mol. The highest BCUT2D eigenvalue weighted by Crippen LogP contribution is 2.19. The number of ether oxygens (including phenoxy) is 1. The topological polar surface area (TPSA) is 54.7 Å². The van der Waals surface area contributed by atoms with E-state index >= 15 is 0 Å². The van der Waals surface area contributed by atoms with Crippen LogP contribution in [0.5, 0.6) is 0 Å². The van der Waals surface area contributed by atoms with E-state index in [0.29, 0.717) is 25.7 Å². The van der Waals surface area contributed by atoms with Crippen LogP contribution in [0.15, 0.2) is 22.8 Å². The molecule has 0 radical (unpaired) electrons. The van der Waals surface area contributed by atoms with Crippen LogP contribution in [0.2, 0.25) is 0 Å². The summed E-state index contributed by atoms with van der Waals surface area (Å²) in [6, 6.07) is 4.31. The fourth-order valence-electron chi connectivity index (χ4n) is 2.51. The molecule has 1 aliphatic carbocycles. The molecule has 1 aliphatic heterocycles. The maximum absolute atomic E-state index is 12.4. The lowest BCUT2D eigenvalue weighted by Gasteiger charge is -2.25. The monoisotopic (exact) mass is 278 g/mol. The summed E-state index contributed by atoms with van der Waals surface area (Å²) < 4.78 is 11.0. The fourth-order valence-corrected chi connectivity index (χ4v) is 2.51. The quantitative estimate of drug-likeness (QED) is 0.822. The molecule has 2 aliphatic rings. The van der Waals surface area contributed by atoms with Gasteiger partial charge in [0, 0.05) is 19.2 Å². The number of rotatable bonds is 7. The summed E-state index contributed by atoms with van der Waals surface area (Å²) in [6.07, 6.45) is 6.34. The van der Waals surface area contributed by atoms with Gasteiger partial charge in [0.25, 0.3) is 0 Å². The van der Waals surface area contributed by atoms with Gasteiger partial charge in [0.2, 0.25) is 5.91 Å². The molecule has 20 heavy (non-hydrogen) atoms. The molecule has 5 heteroatoms. The Hall–Kier alpha value is -1.33. The predicted octanol–water partition coefficient (Wildman–Crippen LogP) is 1.54. The summed E-state index contributed by atoms with van der Waals surface area (Å²) in [7, 11) is 0. The molecule has 2 heterocycles. The van der Waals surface area contributed by atoms with Gasteiger partial charge in [-0.15, -0.1) is 0 Å². The molecule has 1 aromatic rings. The molecule has 2 fully saturated rings. The highest BCUT2D eigenvalue weighted by molar-refractivity contribution is 5.78. The van der Waals surface area contributed by atoms with Crippen molar-refractivity contribution >= 4 is 5.91 Å². The van der Waals surface area contributed by atoms with E-state index in [4.69, 9.17) is 9.15 Å². The molecule has 0 spiro atoms. The molecule has 110 valence electrons. The van der Waals surface area contributed by atoms with Crippen LogP contribution in [0.25, 0.3) is 0 Å². The van der Waals surface area contributed by atoms with Crippen molar-refractivity contribution in [3.05, 3.63) is 24.2 Å². The first kappa shape index (κ1) is 13.6. The Labute approximate surface area is 119 Å². The van der Waals surface area contributed by atoms with Gasteiger partial charge in [0.1, 0.15) is 5.76 Å². The van der Waals surface area contributed by atoms with Crippen LogP contribution < -0.4 is 5.32 Å². The normalized spacial score (nSPS) is 22.1. The van der Waals surface area contributed by atoms with Crippen molar-refractivity contribution in [1.82, 2.24) is 10.2 Å². The van der Waals surface area contributed by atoms with Crippen LogP contribution in [-0.2, 0) is 16.1 Å². The highest BCUT2D eigenvalue weighted by atomic mass is 16.5. The first-order valence-electron chi connectivity index (χ1n) is 7.46. The summed E-state index contributed by atoms with van der Waals surface area (Å²) in [5.74, 6) is 0.951. The number of hydrogen-bond donors (Lipinski definition) is 1. The first-order valence-corrected chi connectivity index (χ1v) is 7.46. The first-order chi connectivity index (χ1) is 9.81. The van der Waals surface area contributed by atoms with Crippen LogP contribution >= 0.6 is 0 Å². The smallest absolute Gasteiger partial charge is 0.237 e. The van der Waals surface area contributed by atoms with E-state index in [0.717, 1.165) is 25.2 Å². The molecular weight excluding hydrogens is 256 g/mol. The second-order valence-corrected chi connectivity index (χ2v) is 5.64. The molecule has 1 saturated heterocycles. The molecule has 1 saturated carbocycles. The van der Waals surface area contributed by atoms with Crippen LogP contribution in [-0.4, -0.2) is 42.6 Å². The zero-order valence-corrected chi connectivity index (χ0v) is 11.7. The van der Waals surface area contributed by atoms with Crippen LogP contribution in [0.4, 0.5) is 0 Å². The van der Waals surface area contributed by atoms with E-state index in [1.807, 2.05) is 17.0 Å². The van der Waals surface area contributed by atoms with Gasteiger partial charge in [0.15, 0.2) is 0 Å². The minimum atomic E-state index is 0.129. The van der Waals surface area contributed by atoms with Crippen LogP contribution in [0, 0.1) is 0 Å². The van der Waals surface area contributed by atoms with Crippen molar-refractivity contribution < 1.29 is 13.9 Å². The molecule has 5 nitrogen and oxygen atoms in total. The van der Waals surface area contributed by atoms with Gasteiger partial charge < -0.3 is 19.4 Å². The van der Waals surface area contributed by atoms with Crippen molar-refractivity contribution in [2.45, 2.75) is 44.4 Å². The second-order valence-electron chi connectivity index (χ2n) is 5.64. The van der Waals surface area contributed by atoms with Gasteiger partial charge in [0.05, 0.1) is 25.5 Å². The SMILES string of the molecule is O=C(CNC1CC1)N(Cc1ccco1)CC1CCCO1. The Morgan fingerprint density at radius 1 is 1.40 bits per heavy atom. The molecule has 1 amide bonds. The van der Waals surface area contributed by atoms with E-state index in [-0.39, 0.29) is 12.0 Å². The van der Waals surface area contributed by atoms with E-state index in [9.17, 15) is 4.79 Å². The highest BCUT2D eigenvalue weighted by Gasteiger charge is 2.26. The Morgan fingerprint density at radius 3 is 2.95 bits per heavy atom. The number of furan rings is 1. The largest absolute Gasteiger partial charge is 0.467 e. The summed E-state index contributed by atoms with van der Waals surface area (Å²) in [6.45, 7) is 2.41. The Kier molecular flexibility index (Phi) is 4.38. The third kappa shape index (κ3) is 3.84. The van der Waals surface area contributed by atoms with Gasteiger partial charge in [-0.1, -0.05) is 0 Å². The minimum Gasteiger partial charge on any atom is -0.467 e. The van der Waals surface area contributed by atoms with E-state index in [1.54, 1.807) is 6.26 Å². The van der Waals surface area contributed by atoms with E-state index in [2.05, 4.69) is 5.32 Å². The van der Waals surface area contributed by atoms with Gasteiger partial charge in [-0.05, 0) is 37.8 Å². The Morgan fingerprint density at radius 2 is 2.30 bits per heavy atom. The third-order valence-electron chi connectivity index (χ3n) is 3.85. The lowest BCUT2D eigenvalue weighted by Crippen LogP contribution is -2.42. The number of carbonyl (C=O) groups excluding carboxylic acids is 1. The molecule has 0 bridgehead atoms. The lowest BCUT2D eigenvalue weighted by atomic mass is 10.2. The number of nitrogens with zero attached hydrogens (tertiary/aromatic N) is 1. The summed E-state index contributed by atoms with van der Waals surface area (Å²) in [4.78, 5) is 14.2. The summed E-state index contributed by atoms with van der Waals surface area (Å²) in [5.41, 5.74) is 0. The van der Waals surface area contributed by atoms with Gasteiger partial charge in [-0.3, -0.25) is 4.79 Å². The summed E-state index contributed by atoms with van der Waals surface area (Å²) in [5, 5.41) is 3.28. The molecule has 1 atom stereocenters. The maximum atomic E-state index is 12.4. The van der Waals surface area contributed by atoms with Gasteiger partial charge in [-0.25, -0.2) is 0 Å². The van der Waals surface area contributed by atoms with Crippen LogP contribution in [0.3, 0.4) is 0 Å². The standard InChI is InChI=1S/C15H22N2O3/c18-15(9-16-12-5-6-12)17(10-13-3-1-7-19-13)11-14-4-2-8-20-14/h1,3,7,12,14,16H,2,4-6,8-11H2. The number of nitrogens with one attached hydrogen (secondary N) is 1. The molecule has 1 aromatic heterocycles. The zero-order chi connectivity index (χ0) is 13.8. The Bertz CT molecular complexity index is 422. The third-order valence-corrected chi connectivity index (χ3v) is 3.85. The maximum Gasteiger partial charge on any atom is 0.237 e.